The van der Waals surface area contributed by atoms with Gasteiger partial charge in [0.25, 0.3) is 0 Å². The maximum Gasteiger partial charge on any atom is 0.0723 e. The number of methoxy groups -OCH3 is 1. The molecule has 2 nitrogen and oxygen atoms in total. The van der Waals surface area contributed by atoms with Gasteiger partial charge in [-0.15, -0.1) is 19.4 Å². The minimum atomic E-state index is 0. The van der Waals surface area contributed by atoms with Crippen molar-refractivity contribution in [2.75, 3.05) is 7.11 Å². The molecule has 1 aliphatic rings. The van der Waals surface area contributed by atoms with Gasteiger partial charge < -0.3 is 16.1 Å². The SMILES string of the molecule is C.C.C.C=C.CC.CC1[CH-]O1.[CH-]=COC.[W].[W].[W]. The molecule has 1 saturated heterocycles. The molecule has 0 aromatic heterocycles. The molecule has 0 saturated carbocycles. The first-order chi connectivity index (χ1) is 5.81. The first-order valence-electron chi connectivity index (χ1n) is 3.86. The van der Waals surface area contributed by atoms with Crippen LogP contribution in [0.2, 0.25) is 0 Å². The second-order valence-corrected chi connectivity index (χ2v) is 1.35. The number of epoxide rings is 1. The van der Waals surface area contributed by atoms with Crippen molar-refractivity contribution in [3.63, 3.8) is 0 Å². The van der Waals surface area contributed by atoms with Crippen LogP contribution in [0.4, 0.5) is 0 Å². The van der Waals surface area contributed by atoms with Crippen molar-refractivity contribution in [1.29, 1.82) is 0 Å². The summed E-state index contributed by atoms with van der Waals surface area (Å²) in [6.45, 7) is 18.5. The molecular formula is C13H32O2W3-2. The summed E-state index contributed by atoms with van der Waals surface area (Å²) < 4.78 is 8.78. The van der Waals surface area contributed by atoms with E-state index in [-0.39, 0.29) is 85.5 Å². The van der Waals surface area contributed by atoms with Crippen LogP contribution in [0.1, 0.15) is 43.1 Å². The number of hydrogen-bond acceptors (Lipinski definition) is 2. The van der Waals surface area contributed by atoms with Crippen LogP contribution in [0.3, 0.4) is 0 Å². The van der Waals surface area contributed by atoms with Gasteiger partial charge in [0.05, 0.1) is 7.11 Å². The quantitative estimate of drug-likeness (QED) is 0.164. The molecule has 1 rings (SSSR count). The summed E-state index contributed by atoms with van der Waals surface area (Å²) in [5, 5.41) is 0. The fourth-order valence-electron chi connectivity index (χ4n) is 0.0786. The van der Waals surface area contributed by atoms with E-state index >= 15 is 0 Å². The third-order valence-electron chi connectivity index (χ3n) is 0.544. The molecule has 0 aromatic rings. The molecule has 18 heavy (non-hydrogen) atoms. The van der Waals surface area contributed by atoms with Gasteiger partial charge in [0, 0.05) is 63.2 Å². The number of rotatable bonds is 1. The van der Waals surface area contributed by atoms with Gasteiger partial charge in [-0.05, 0) is 0 Å². The molecule has 1 fully saturated rings. The van der Waals surface area contributed by atoms with E-state index < -0.39 is 0 Å². The third-order valence-corrected chi connectivity index (χ3v) is 0.544. The first-order valence-corrected chi connectivity index (χ1v) is 3.86. The van der Waals surface area contributed by atoms with Crippen LogP contribution in [0.5, 0.6) is 0 Å². The van der Waals surface area contributed by atoms with Crippen molar-refractivity contribution in [3.8, 4) is 0 Å². The van der Waals surface area contributed by atoms with E-state index in [1.807, 2.05) is 20.8 Å². The van der Waals surface area contributed by atoms with E-state index in [1.54, 1.807) is 6.61 Å². The van der Waals surface area contributed by atoms with E-state index in [9.17, 15) is 0 Å². The summed E-state index contributed by atoms with van der Waals surface area (Å²) >= 11 is 0. The normalized spacial score (nSPS) is 10.6. The Kier molecular flexibility index (Phi) is 269. The van der Waals surface area contributed by atoms with Crippen molar-refractivity contribution in [3.05, 3.63) is 32.6 Å². The van der Waals surface area contributed by atoms with Crippen LogP contribution >= 0.6 is 0 Å². The van der Waals surface area contributed by atoms with E-state index in [0.29, 0.717) is 6.10 Å². The predicted octanol–water partition coefficient (Wildman–Crippen LogP) is 4.88. The van der Waals surface area contributed by atoms with Gasteiger partial charge in [-0.3, -0.25) is 0 Å². The topological polar surface area (TPSA) is 21.8 Å². The Morgan fingerprint density at radius 3 is 1.22 bits per heavy atom. The average molecular weight is 772 g/mol. The van der Waals surface area contributed by atoms with Gasteiger partial charge >= 0.3 is 0 Å². The maximum absolute atomic E-state index is 4.68. The number of ether oxygens (including phenoxy) is 2. The zero-order valence-electron chi connectivity index (χ0n) is 9.76. The van der Waals surface area contributed by atoms with Crippen LogP contribution < -0.4 is 0 Å². The summed E-state index contributed by atoms with van der Waals surface area (Å²) in [4.78, 5) is 0. The molecule has 0 N–H and O–H groups in total. The Morgan fingerprint density at radius 2 is 1.22 bits per heavy atom. The minimum Gasteiger partial charge on any atom is -0.570 e. The molecule has 0 radical (unpaired) electrons. The van der Waals surface area contributed by atoms with E-state index in [4.69, 9.17) is 0 Å². The van der Waals surface area contributed by atoms with Gasteiger partial charge in [-0.1, -0.05) is 49.2 Å². The van der Waals surface area contributed by atoms with Gasteiger partial charge in [0.1, 0.15) is 0 Å². The minimum absolute atomic E-state index is 0. The average Bonchev–Trinajstić information content (AvgIpc) is 2.95. The fraction of sp³-hybridized carbons (Fsp3) is 0.615. The van der Waals surface area contributed by atoms with Crippen LogP contribution in [0.25, 0.3) is 0 Å². The molecule has 116 valence electrons. The second kappa shape index (κ2) is 79.5. The zero-order chi connectivity index (χ0) is 10.4. The Morgan fingerprint density at radius 1 is 1.11 bits per heavy atom. The second-order valence-electron chi connectivity index (χ2n) is 1.35. The summed E-state index contributed by atoms with van der Waals surface area (Å²) in [6, 6.07) is 0. The van der Waals surface area contributed by atoms with Gasteiger partial charge in [0.15, 0.2) is 0 Å². The Bertz CT molecular complexity index is 80.6. The molecule has 1 unspecified atom stereocenters. The van der Waals surface area contributed by atoms with Gasteiger partial charge in [-0.25, -0.2) is 0 Å². The van der Waals surface area contributed by atoms with Crippen molar-refractivity contribution in [1.82, 2.24) is 0 Å². The maximum atomic E-state index is 4.68. The van der Waals surface area contributed by atoms with Crippen LogP contribution in [-0.2, 0) is 72.7 Å². The molecule has 0 bridgehead atoms. The molecule has 0 spiro atoms. The van der Waals surface area contributed by atoms with E-state index in [2.05, 4.69) is 29.2 Å². The standard InChI is InChI=1S/2C3H5O.C2H6.C2H4.3CH4.3W/c1-3-2-4-3;1-3-4-2;2*1-2;;;;;;/h2-3H,1H3;1,3H,2H3;1-2H3;1-2H2;3*1H4;;;/q2*-1;;;;;;;;. The van der Waals surface area contributed by atoms with Crippen molar-refractivity contribution in [2.45, 2.75) is 49.2 Å². The van der Waals surface area contributed by atoms with Crippen molar-refractivity contribution < 1.29 is 72.7 Å². The van der Waals surface area contributed by atoms with Crippen LogP contribution in [0, 0.1) is 13.2 Å². The van der Waals surface area contributed by atoms with E-state index in [1.165, 1.54) is 7.11 Å². The molecule has 1 heterocycles. The summed E-state index contributed by atoms with van der Waals surface area (Å²) in [6.07, 6.45) is 1.58. The molecule has 5 heteroatoms. The summed E-state index contributed by atoms with van der Waals surface area (Å²) in [5.41, 5.74) is 0. The van der Waals surface area contributed by atoms with E-state index in [0.717, 1.165) is 6.26 Å². The summed E-state index contributed by atoms with van der Waals surface area (Å²) in [5.74, 6) is 0. The number of hydrogen-bond donors (Lipinski definition) is 0. The fourth-order valence-corrected chi connectivity index (χ4v) is 0.0786. The molecular weight excluding hydrogens is 740 g/mol. The predicted molar refractivity (Wildman–Crippen MR) is 73.5 cm³/mol. The van der Waals surface area contributed by atoms with Gasteiger partial charge in [-0.2, -0.15) is 6.61 Å². The molecule has 1 atom stereocenters. The smallest absolute Gasteiger partial charge is 0.0723 e. The molecule has 1 aliphatic heterocycles. The Labute approximate surface area is 160 Å². The Balaban J connectivity index is -0.00000000804. The molecule has 0 amide bonds. The monoisotopic (exact) mass is 772 g/mol. The van der Waals surface area contributed by atoms with Gasteiger partial charge in [0.2, 0.25) is 0 Å². The zero-order valence-corrected chi connectivity index (χ0v) is 18.6. The van der Waals surface area contributed by atoms with Crippen LogP contribution in [-0.4, -0.2) is 13.2 Å². The third kappa shape index (κ3) is 163. The van der Waals surface area contributed by atoms with Crippen molar-refractivity contribution in [2.24, 2.45) is 0 Å². The summed E-state index contributed by atoms with van der Waals surface area (Å²) in [7, 11) is 1.50. The Hall–Kier alpha value is 1.30. The van der Waals surface area contributed by atoms with Crippen molar-refractivity contribution >= 4 is 0 Å². The first kappa shape index (κ1) is 60.9. The molecule has 0 aromatic carbocycles. The largest absolute Gasteiger partial charge is 0.570 e. The van der Waals surface area contributed by atoms with Crippen LogP contribution in [0.15, 0.2) is 19.4 Å². The molecule has 0 aliphatic carbocycles.